The van der Waals surface area contributed by atoms with Crippen molar-refractivity contribution in [2.75, 3.05) is 37.3 Å². The molecule has 1 aliphatic rings. The van der Waals surface area contributed by atoms with Gasteiger partial charge in [-0.15, -0.1) is 0 Å². The number of piperazine rings is 1. The number of anilines is 1. The molecule has 2 N–H and O–H groups in total. The second-order valence-corrected chi connectivity index (χ2v) is 6.16. The zero-order valence-corrected chi connectivity index (χ0v) is 11.1. The summed E-state index contributed by atoms with van der Waals surface area (Å²) in [7, 11) is -3.10. The molecule has 8 heteroatoms. The Balaban J connectivity index is 2.10. The van der Waals surface area contributed by atoms with Crippen molar-refractivity contribution in [2.24, 2.45) is 5.73 Å². The Morgan fingerprint density at radius 1 is 1.22 bits per heavy atom. The normalized spacial score (nSPS) is 18.0. The van der Waals surface area contributed by atoms with Crippen LogP contribution in [-0.2, 0) is 16.6 Å². The van der Waals surface area contributed by atoms with Gasteiger partial charge in [0.2, 0.25) is 10.0 Å². The average molecular weight is 271 g/mol. The van der Waals surface area contributed by atoms with Gasteiger partial charge in [-0.05, 0) is 0 Å². The Morgan fingerprint density at radius 2 is 1.83 bits per heavy atom. The zero-order chi connectivity index (χ0) is 13.2. The fraction of sp³-hybridized carbons (Fsp3) is 0.600. The minimum atomic E-state index is -3.10. The molecule has 0 radical (unpaired) electrons. The molecule has 1 fully saturated rings. The predicted octanol–water partition coefficient (Wildman–Crippen LogP) is -0.983. The van der Waals surface area contributed by atoms with E-state index in [1.54, 1.807) is 12.4 Å². The van der Waals surface area contributed by atoms with Crippen LogP contribution in [0, 0.1) is 0 Å². The van der Waals surface area contributed by atoms with E-state index in [2.05, 4.69) is 9.97 Å². The first kappa shape index (κ1) is 13.2. The largest absolute Gasteiger partial charge is 0.352 e. The van der Waals surface area contributed by atoms with Gasteiger partial charge in [0.1, 0.15) is 0 Å². The summed E-state index contributed by atoms with van der Waals surface area (Å²) < 4.78 is 24.3. The Morgan fingerprint density at radius 3 is 2.39 bits per heavy atom. The number of aromatic nitrogens is 2. The molecule has 2 heterocycles. The fourth-order valence-corrected chi connectivity index (χ4v) is 2.83. The van der Waals surface area contributed by atoms with Crippen LogP contribution < -0.4 is 10.6 Å². The molecule has 0 amide bonds. The van der Waals surface area contributed by atoms with Gasteiger partial charge < -0.3 is 10.6 Å². The highest BCUT2D eigenvalue weighted by Gasteiger charge is 2.25. The highest BCUT2D eigenvalue weighted by Crippen LogP contribution is 2.17. The van der Waals surface area contributed by atoms with Crippen LogP contribution in [-0.4, -0.2) is 55.1 Å². The molecule has 0 aliphatic carbocycles. The number of sulfonamides is 1. The molecule has 1 aromatic heterocycles. The van der Waals surface area contributed by atoms with Crippen LogP contribution in [0.15, 0.2) is 12.4 Å². The molecular formula is C10H17N5O2S. The summed E-state index contributed by atoms with van der Waals surface area (Å²) in [4.78, 5) is 10.5. The van der Waals surface area contributed by atoms with Crippen molar-refractivity contribution in [3.05, 3.63) is 18.1 Å². The summed E-state index contributed by atoms with van der Waals surface area (Å²) in [6.07, 6.45) is 4.46. The maximum atomic E-state index is 11.4. The Bertz CT molecular complexity index is 511. The quantitative estimate of drug-likeness (QED) is 0.759. The summed E-state index contributed by atoms with van der Waals surface area (Å²) in [6, 6.07) is 0. The third-order valence-corrected chi connectivity index (χ3v) is 4.26. The molecule has 0 atom stereocenters. The van der Waals surface area contributed by atoms with E-state index < -0.39 is 10.0 Å². The summed E-state index contributed by atoms with van der Waals surface area (Å²) in [5, 5.41) is 0. The molecule has 1 aromatic rings. The summed E-state index contributed by atoms with van der Waals surface area (Å²) >= 11 is 0. The van der Waals surface area contributed by atoms with Crippen LogP contribution in [0.5, 0.6) is 0 Å². The van der Waals surface area contributed by atoms with Crippen LogP contribution >= 0.6 is 0 Å². The minimum absolute atomic E-state index is 0.329. The highest BCUT2D eigenvalue weighted by molar-refractivity contribution is 7.88. The lowest BCUT2D eigenvalue weighted by Crippen LogP contribution is -2.49. The fourth-order valence-electron chi connectivity index (χ4n) is 2.00. The van der Waals surface area contributed by atoms with Crippen molar-refractivity contribution in [2.45, 2.75) is 6.54 Å². The molecule has 0 aromatic carbocycles. The molecule has 0 saturated carbocycles. The first-order valence-corrected chi connectivity index (χ1v) is 7.57. The number of nitrogens with two attached hydrogens (primary N) is 1. The van der Waals surface area contributed by atoms with Gasteiger partial charge in [0.25, 0.3) is 0 Å². The molecule has 1 saturated heterocycles. The van der Waals surface area contributed by atoms with Gasteiger partial charge in [0.15, 0.2) is 5.82 Å². The molecule has 0 unspecified atom stereocenters. The first-order valence-electron chi connectivity index (χ1n) is 5.72. The Hall–Kier alpha value is -1.25. The van der Waals surface area contributed by atoms with E-state index in [1.807, 2.05) is 4.90 Å². The first-order chi connectivity index (χ1) is 8.52. The lowest BCUT2D eigenvalue weighted by molar-refractivity contribution is 0.386. The van der Waals surface area contributed by atoms with Crippen molar-refractivity contribution >= 4 is 15.8 Å². The highest BCUT2D eigenvalue weighted by atomic mass is 32.2. The van der Waals surface area contributed by atoms with Crippen molar-refractivity contribution in [1.82, 2.24) is 14.3 Å². The van der Waals surface area contributed by atoms with Crippen molar-refractivity contribution in [3.63, 3.8) is 0 Å². The monoisotopic (exact) mass is 271 g/mol. The van der Waals surface area contributed by atoms with Crippen LogP contribution in [0.3, 0.4) is 0 Å². The lowest BCUT2D eigenvalue weighted by Gasteiger charge is -2.34. The maximum absolute atomic E-state index is 11.4. The lowest BCUT2D eigenvalue weighted by atomic mass is 10.3. The van der Waals surface area contributed by atoms with E-state index in [9.17, 15) is 8.42 Å². The van der Waals surface area contributed by atoms with Crippen LogP contribution in [0.4, 0.5) is 5.82 Å². The van der Waals surface area contributed by atoms with Gasteiger partial charge in [-0.25, -0.2) is 13.4 Å². The Labute approximate surface area is 107 Å². The molecule has 18 heavy (non-hydrogen) atoms. The molecule has 1 aliphatic heterocycles. The van der Waals surface area contributed by atoms with E-state index in [0.717, 1.165) is 11.5 Å². The van der Waals surface area contributed by atoms with Gasteiger partial charge in [0, 0.05) is 45.1 Å². The van der Waals surface area contributed by atoms with E-state index in [1.165, 1.54) is 10.6 Å². The topological polar surface area (TPSA) is 92.4 Å². The number of hydrogen-bond acceptors (Lipinski definition) is 6. The molecule has 2 rings (SSSR count). The molecule has 7 nitrogen and oxygen atoms in total. The van der Waals surface area contributed by atoms with E-state index in [-0.39, 0.29) is 0 Å². The van der Waals surface area contributed by atoms with E-state index >= 15 is 0 Å². The summed E-state index contributed by atoms with van der Waals surface area (Å²) in [5.74, 6) is 0.758. The maximum Gasteiger partial charge on any atom is 0.211 e. The number of rotatable bonds is 3. The predicted molar refractivity (Wildman–Crippen MR) is 68.6 cm³/mol. The second kappa shape index (κ2) is 5.17. The van der Waals surface area contributed by atoms with Gasteiger partial charge >= 0.3 is 0 Å². The molecule has 0 bridgehead atoms. The van der Waals surface area contributed by atoms with Crippen LogP contribution in [0.1, 0.15) is 5.69 Å². The third-order valence-electron chi connectivity index (χ3n) is 2.95. The SMILES string of the molecule is CS(=O)(=O)N1CCN(c2nccnc2CN)CC1. The van der Waals surface area contributed by atoms with Crippen molar-refractivity contribution in [1.29, 1.82) is 0 Å². The molecule has 100 valence electrons. The van der Waals surface area contributed by atoms with Crippen molar-refractivity contribution < 1.29 is 8.42 Å². The number of hydrogen-bond donors (Lipinski definition) is 1. The average Bonchev–Trinajstić information content (AvgIpc) is 2.38. The van der Waals surface area contributed by atoms with Crippen molar-refractivity contribution in [3.8, 4) is 0 Å². The molecule has 0 spiro atoms. The Kier molecular flexibility index (Phi) is 3.79. The summed E-state index contributed by atoms with van der Waals surface area (Å²) in [5.41, 5.74) is 6.36. The smallest absolute Gasteiger partial charge is 0.211 e. The van der Waals surface area contributed by atoms with Crippen LogP contribution in [0.25, 0.3) is 0 Å². The summed E-state index contributed by atoms with van der Waals surface area (Å²) in [6.45, 7) is 2.49. The van der Waals surface area contributed by atoms with E-state index in [0.29, 0.717) is 32.7 Å². The van der Waals surface area contributed by atoms with Gasteiger partial charge in [-0.1, -0.05) is 0 Å². The van der Waals surface area contributed by atoms with Gasteiger partial charge in [-0.3, -0.25) is 4.98 Å². The zero-order valence-electron chi connectivity index (χ0n) is 10.3. The molecular weight excluding hydrogens is 254 g/mol. The van der Waals surface area contributed by atoms with Gasteiger partial charge in [-0.2, -0.15) is 4.31 Å². The van der Waals surface area contributed by atoms with Gasteiger partial charge in [0.05, 0.1) is 11.9 Å². The number of nitrogens with zero attached hydrogens (tertiary/aromatic N) is 4. The second-order valence-electron chi connectivity index (χ2n) is 4.18. The van der Waals surface area contributed by atoms with E-state index in [4.69, 9.17) is 5.73 Å². The minimum Gasteiger partial charge on any atom is -0.352 e. The standard InChI is InChI=1S/C10H17N5O2S/c1-18(16,17)15-6-4-14(5-7-15)10-9(8-11)12-2-3-13-10/h2-3H,4-8,11H2,1H3. The van der Waals surface area contributed by atoms with Crippen LogP contribution in [0.2, 0.25) is 0 Å². The third kappa shape index (κ3) is 2.77.